The van der Waals surface area contributed by atoms with Crippen molar-refractivity contribution < 1.29 is 39.8 Å². The number of carbonyl (C=O) groups excluding carboxylic acids is 1. The average molecular weight is 612 g/mol. The quantitative estimate of drug-likeness (QED) is 0.168. The predicted octanol–water partition coefficient (Wildman–Crippen LogP) is -2.88. The highest BCUT2D eigenvalue weighted by atomic mass is 16.7. The van der Waals surface area contributed by atoms with Crippen LogP contribution in [0.3, 0.4) is 0 Å². The number of aliphatic hydroxyl groups is 5. The average Bonchev–Trinajstić information content (AvgIpc) is 3.06. The minimum Gasteiger partial charge on any atom is -0.394 e. The highest BCUT2D eigenvalue weighted by molar-refractivity contribution is 5.94. The Morgan fingerprint density at radius 3 is 1.50 bits per heavy atom. The van der Waals surface area contributed by atoms with Crippen LogP contribution in [0.15, 0.2) is 0 Å². The van der Waals surface area contributed by atoms with E-state index in [-0.39, 0.29) is 13.0 Å². The first-order valence-corrected chi connectivity index (χ1v) is 13.2. The van der Waals surface area contributed by atoms with Crippen LogP contribution in [0.2, 0.25) is 0 Å². The monoisotopic (exact) mass is 611 g/mol. The van der Waals surface area contributed by atoms with Crippen LogP contribution >= 0.6 is 0 Å². The SMILES string of the molecule is CC#CC#CC#CC#CC#CC#CC#CC#CC#CC#CC#CC#CC(=O)N[C@@H](CO[C@H]1OC(CO)[C@H](O)[C@H](O)C1O)[C@H](O)CC. The zero-order valence-corrected chi connectivity index (χ0v) is 24.6. The molecule has 0 aromatic rings. The van der Waals surface area contributed by atoms with Gasteiger partial charge in [-0.05, 0) is 108 Å². The molecule has 0 aromatic carbocycles. The number of nitrogens with one attached hydrogen (secondary N) is 1. The van der Waals surface area contributed by atoms with E-state index in [0.717, 1.165) is 0 Å². The number of carbonyl (C=O) groups is 1. The molecule has 0 spiro atoms. The Hall–Kier alpha value is -6.09. The van der Waals surface area contributed by atoms with Crippen LogP contribution in [0.4, 0.5) is 0 Å². The van der Waals surface area contributed by atoms with Crippen LogP contribution in [0.1, 0.15) is 20.3 Å². The molecule has 1 amide bonds. The molecule has 6 N–H and O–H groups in total. The van der Waals surface area contributed by atoms with E-state index in [0.29, 0.717) is 0 Å². The molecular formula is C37H25NO8. The molecule has 46 heavy (non-hydrogen) atoms. The molecule has 1 fully saturated rings. The minimum atomic E-state index is -1.63. The van der Waals surface area contributed by atoms with Gasteiger partial charge in [0.2, 0.25) is 0 Å². The molecule has 1 aliphatic rings. The largest absolute Gasteiger partial charge is 0.394 e. The molecule has 0 radical (unpaired) electrons. The summed E-state index contributed by atoms with van der Waals surface area (Å²) in [4.78, 5) is 12.2. The van der Waals surface area contributed by atoms with Crippen molar-refractivity contribution in [3.8, 4) is 142 Å². The van der Waals surface area contributed by atoms with Crippen LogP contribution in [-0.2, 0) is 14.3 Å². The summed E-state index contributed by atoms with van der Waals surface area (Å²) < 4.78 is 10.7. The lowest BCUT2D eigenvalue weighted by molar-refractivity contribution is -0.302. The molecular weight excluding hydrogens is 586 g/mol. The van der Waals surface area contributed by atoms with Crippen LogP contribution in [-0.4, -0.2) is 87.5 Å². The molecule has 0 bridgehead atoms. The van der Waals surface area contributed by atoms with E-state index < -0.39 is 55.4 Å². The third kappa shape index (κ3) is 16.5. The van der Waals surface area contributed by atoms with Crippen LogP contribution in [0.25, 0.3) is 0 Å². The minimum absolute atomic E-state index is 0.244. The molecule has 0 saturated carbocycles. The Morgan fingerprint density at radius 2 is 1.11 bits per heavy atom. The van der Waals surface area contributed by atoms with Gasteiger partial charge in [0.25, 0.3) is 5.91 Å². The zero-order chi connectivity index (χ0) is 33.8. The Balaban J connectivity index is 2.57. The van der Waals surface area contributed by atoms with E-state index in [2.05, 4.69) is 147 Å². The van der Waals surface area contributed by atoms with Crippen LogP contribution < -0.4 is 5.32 Å². The fraction of sp³-hybridized carbons (Fsp3) is 0.324. The van der Waals surface area contributed by atoms with E-state index in [1.807, 2.05) is 0 Å². The second kappa shape index (κ2) is 24.4. The van der Waals surface area contributed by atoms with Gasteiger partial charge >= 0.3 is 0 Å². The Bertz CT molecular complexity index is 1870. The molecule has 2 unspecified atom stereocenters. The van der Waals surface area contributed by atoms with Crippen LogP contribution in [0, 0.1) is 142 Å². The third-order valence-electron chi connectivity index (χ3n) is 5.10. The summed E-state index contributed by atoms with van der Waals surface area (Å²) in [6.07, 6.45) is -8.19. The third-order valence-corrected chi connectivity index (χ3v) is 5.10. The molecule has 226 valence electrons. The topological polar surface area (TPSA) is 149 Å². The molecule has 1 heterocycles. The summed E-state index contributed by atoms with van der Waals surface area (Å²) in [7, 11) is 0. The lowest BCUT2D eigenvalue weighted by atomic mass is 9.99. The van der Waals surface area contributed by atoms with Gasteiger partial charge in [-0.1, -0.05) is 12.8 Å². The summed E-state index contributed by atoms with van der Waals surface area (Å²) in [6.45, 7) is 2.38. The van der Waals surface area contributed by atoms with Crippen molar-refractivity contribution in [2.24, 2.45) is 0 Å². The normalized spacial score (nSPS) is 18.8. The fourth-order valence-electron chi connectivity index (χ4n) is 2.92. The van der Waals surface area contributed by atoms with Crippen molar-refractivity contribution in [2.75, 3.05) is 13.2 Å². The van der Waals surface area contributed by atoms with E-state index in [1.165, 1.54) is 0 Å². The fourth-order valence-corrected chi connectivity index (χ4v) is 2.92. The first-order chi connectivity index (χ1) is 22.3. The van der Waals surface area contributed by atoms with Crippen molar-refractivity contribution in [2.45, 2.75) is 63.1 Å². The highest BCUT2D eigenvalue weighted by Gasteiger charge is 2.44. The van der Waals surface area contributed by atoms with Crippen molar-refractivity contribution >= 4 is 5.91 Å². The standard InChI is InChI=1S/C37H25NO8/c1-3-5-6-7-8-9-10-11-12-13-14-15-16-17-18-19-20-21-22-23-24-25-26-27-33(41)38-30(31(40)4-2)29-45-37-36(44)35(43)34(42)32(28-39)46-37/h30-32,34-37,39-40,42-44H,4,28-29H2,1-2H3,(H,38,41)/t30-,31+,32?,34-,35-,36?,37-/m0/s1. The van der Waals surface area contributed by atoms with Gasteiger partial charge in [-0.25, -0.2) is 0 Å². The molecule has 9 heteroatoms. The maximum atomic E-state index is 12.2. The zero-order valence-electron chi connectivity index (χ0n) is 24.6. The van der Waals surface area contributed by atoms with Gasteiger partial charge < -0.3 is 40.3 Å². The van der Waals surface area contributed by atoms with Crippen LogP contribution in [0.5, 0.6) is 0 Å². The predicted molar refractivity (Wildman–Crippen MR) is 167 cm³/mol. The van der Waals surface area contributed by atoms with E-state index >= 15 is 0 Å². The van der Waals surface area contributed by atoms with Crippen molar-refractivity contribution in [3.05, 3.63) is 0 Å². The second-order valence-corrected chi connectivity index (χ2v) is 8.21. The van der Waals surface area contributed by atoms with Crippen molar-refractivity contribution in [1.82, 2.24) is 5.32 Å². The molecule has 0 aromatic heterocycles. The first kappa shape index (κ1) is 37.9. The number of hydrogen-bond acceptors (Lipinski definition) is 8. The number of ether oxygens (including phenoxy) is 2. The first-order valence-electron chi connectivity index (χ1n) is 13.2. The molecule has 0 aliphatic carbocycles. The maximum Gasteiger partial charge on any atom is 0.297 e. The van der Waals surface area contributed by atoms with E-state index in [4.69, 9.17) is 9.47 Å². The summed E-state index contributed by atoms with van der Waals surface area (Å²) >= 11 is 0. The molecule has 1 rings (SSSR count). The van der Waals surface area contributed by atoms with Gasteiger partial charge in [0.05, 0.1) is 25.4 Å². The number of aliphatic hydroxyl groups excluding tert-OH is 5. The van der Waals surface area contributed by atoms with E-state index in [9.17, 15) is 30.3 Å². The lowest BCUT2D eigenvalue weighted by Gasteiger charge is -2.40. The second-order valence-electron chi connectivity index (χ2n) is 8.21. The van der Waals surface area contributed by atoms with Gasteiger partial charge in [-0.3, -0.25) is 4.79 Å². The number of rotatable bonds is 7. The Morgan fingerprint density at radius 1 is 0.696 bits per heavy atom. The van der Waals surface area contributed by atoms with Gasteiger partial charge in [0.1, 0.15) is 24.4 Å². The summed E-state index contributed by atoms with van der Waals surface area (Å²) in [5.41, 5.74) is 0. The van der Waals surface area contributed by atoms with Gasteiger partial charge in [0, 0.05) is 41.4 Å². The Labute approximate surface area is 269 Å². The van der Waals surface area contributed by atoms with Crippen molar-refractivity contribution in [3.63, 3.8) is 0 Å². The smallest absolute Gasteiger partial charge is 0.297 e. The molecule has 1 saturated heterocycles. The maximum absolute atomic E-state index is 12.2. The highest BCUT2D eigenvalue weighted by Crippen LogP contribution is 2.22. The molecule has 1 aliphatic heterocycles. The molecule has 9 nitrogen and oxygen atoms in total. The number of hydrogen-bond donors (Lipinski definition) is 6. The lowest BCUT2D eigenvalue weighted by Crippen LogP contribution is -2.60. The summed E-state index contributed by atoms with van der Waals surface area (Å²) in [6, 6.07) is -0.961. The summed E-state index contributed by atoms with van der Waals surface area (Å²) in [5.74, 6) is 58.2. The van der Waals surface area contributed by atoms with Gasteiger partial charge in [-0.2, -0.15) is 0 Å². The molecule has 7 atom stereocenters. The Kier molecular flexibility index (Phi) is 20.1. The van der Waals surface area contributed by atoms with Crippen molar-refractivity contribution in [1.29, 1.82) is 0 Å². The summed E-state index contributed by atoms with van der Waals surface area (Å²) in [5, 5.41) is 51.8. The van der Waals surface area contributed by atoms with Gasteiger partial charge in [0.15, 0.2) is 6.29 Å². The number of amides is 1. The van der Waals surface area contributed by atoms with E-state index in [1.54, 1.807) is 13.8 Å². The van der Waals surface area contributed by atoms with Gasteiger partial charge in [-0.15, -0.1) is 0 Å².